The number of benzene rings is 1. The average Bonchev–Trinajstić information content (AvgIpc) is 2.84. The molecule has 0 saturated heterocycles. The van der Waals surface area contributed by atoms with Gasteiger partial charge in [-0.15, -0.1) is 11.8 Å². The van der Waals surface area contributed by atoms with E-state index in [1.807, 2.05) is 6.92 Å². The first-order chi connectivity index (χ1) is 9.66. The molecule has 0 saturated carbocycles. The van der Waals surface area contributed by atoms with Crippen molar-refractivity contribution in [2.24, 2.45) is 0 Å². The summed E-state index contributed by atoms with van der Waals surface area (Å²) in [6, 6.07) is 6.42. The molecule has 1 aromatic heterocycles. The number of carbonyl (C=O) groups is 1. The molecule has 1 heterocycles. The lowest BCUT2D eigenvalue weighted by molar-refractivity contribution is -0.118. The van der Waals surface area contributed by atoms with E-state index in [1.165, 1.54) is 29.6 Å². The Hall–Kier alpha value is -1.47. The maximum atomic E-state index is 13.4. The van der Waals surface area contributed by atoms with Gasteiger partial charge in [0.2, 0.25) is 5.91 Å². The highest BCUT2D eigenvalue weighted by atomic mass is 32.2. The van der Waals surface area contributed by atoms with Crippen LogP contribution in [0.1, 0.15) is 17.0 Å². The van der Waals surface area contributed by atoms with Gasteiger partial charge >= 0.3 is 0 Å². The lowest BCUT2D eigenvalue weighted by atomic mass is 10.2. The summed E-state index contributed by atoms with van der Waals surface area (Å²) in [6.07, 6.45) is 0. The molecule has 7 heteroatoms. The van der Waals surface area contributed by atoms with Gasteiger partial charge in [0, 0.05) is 17.9 Å². The van der Waals surface area contributed by atoms with E-state index in [1.54, 1.807) is 18.2 Å². The zero-order valence-corrected chi connectivity index (χ0v) is 12.6. The van der Waals surface area contributed by atoms with Gasteiger partial charge in [-0.05, 0) is 13.0 Å². The Kier molecular flexibility index (Phi) is 5.49. The van der Waals surface area contributed by atoms with Crippen LogP contribution >= 0.6 is 23.5 Å². The van der Waals surface area contributed by atoms with Gasteiger partial charge in [-0.1, -0.05) is 18.2 Å². The number of aryl methyl sites for hydroxylation is 1. The molecule has 106 valence electrons. The highest BCUT2D eigenvalue weighted by molar-refractivity contribution is 7.99. The number of nitrogens with zero attached hydrogens (tertiary/aromatic N) is 2. The van der Waals surface area contributed by atoms with Crippen molar-refractivity contribution in [2.75, 3.05) is 5.75 Å². The molecule has 2 aromatic rings. The molecule has 20 heavy (non-hydrogen) atoms. The monoisotopic (exact) mass is 311 g/mol. The minimum Gasteiger partial charge on any atom is -0.351 e. The van der Waals surface area contributed by atoms with E-state index in [0.29, 0.717) is 17.1 Å². The van der Waals surface area contributed by atoms with Gasteiger partial charge in [0.05, 0.1) is 28.9 Å². The third kappa shape index (κ3) is 4.28. The summed E-state index contributed by atoms with van der Waals surface area (Å²) in [5.74, 6) is 0.574. The van der Waals surface area contributed by atoms with Crippen molar-refractivity contribution in [1.82, 2.24) is 14.1 Å². The Balaban J connectivity index is 1.71. The molecule has 0 atom stereocenters. The number of hydrogen-bond acceptors (Lipinski definition) is 5. The SMILES string of the molecule is Cc1nsnc1CSCC(=O)NCc1ccccc1F. The van der Waals surface area contributed by atoms with E-state index < -0.39 is 0 Å². The molecule has 0 aliphatic rings. The summed E-state index contributed by atoms with van der Waals surface area (Å²) in [4.78, 5) is 11.7. The summed E-state index contributed by atoms with van der Waals surface area (Å²) in [5.41, 5.74) is 2.32. The second-order valence-electron chi connectivity index (χ2n) is 4.16. The van der Waals surface area contributed by atoms with Crippen LogP contribution in [0.4, 0.5) is 4.39 Å². The first-order valence-corrected chi connectivity index (χ1v) is 7.91. The Labute approximate surface area is 125 Å². The first-order valence-electron chi connectivity index (χ1n) is 6.02. The number of halogens is 1. The quantitative estimate of drug-likeness (QED) is 0.891. The van der Waals surface area contributed by atoms with Crippen LogP contribution in [0.15, 0.2) is 24.3 Å². The summed E-state index contributed by atoms with van der Waals surface area (Å²) in [7, 11) is 0. The molecular weight excluding hydrogens is 297 g/mol. The lowest BCUT2D eigenvalue weighted by Crippen LogP contribution is -2.25. The second-order valence-corrected chi connectivity index (χ2v) is 5.67. The first kappa shape index (κ1) is 14.9. The lowest BCUT2D eigenvalue weighted by Gasteiger charge is -2.05. The predicted octanol–water partition coefficient (Wildman–Crippen LogP) is 2.54. The second kappa shape index (κ2) is 7.35. The fourth-order valence-corrected chi connectivity index (χ4v) is 3.01. The van der Waals surface area contributed by atoms with Crippen LogP contribution in [0.3, 0.4) is 0 Å². The fraction of sp³-hybridized carbons (Fsp3) is 0.308. The van der Waals surface area contributed by atoms with E-state index in [4.69, 9.17) is 0 Å². The molecule has 1 aromatic carbocycles. The summed E-state index contributed by atoms with van der Waals surface area (Å²) in [5, 5.41) is 2.70. The molecular formula is C13H14FN3OS2. The van der Waals surface area contributed by atoms with Gasteiger partial charge < -0.3 is 5.32 Å². The fourth-order valence-electron chi connectivity index (χ4n) is 1.51. The minimum atomic E-state index is -0.301. The third-order valence-electron chi connectivity index (χ3n) is 2.65. The summed E-state index contributed by atoms with van der Waals surface area (Å²) >= 11 is 2.65. The molecule has 0 bridgehead atoms. The molecule has 0 aliphatic carbocycles. The highest BCUT2D eigenvalue weighted by Crippen LogP contribution is 2.13. The molecule has 0 fully saturated rings. The zero-order valence-electron chi connectivity index (χ0n) is 10.9. The van der Waals surface area contributed by atoms with Crippen LogP contribution < -0.4 is 5.32 Å². The van der Waals surface area contributed by atoms with E-state index in [9.17, 15) is 9.18 Å². The van der Waals surface area contributed by atoms with Crippen LogP contribution in [0.5, 0.6) is 0 Å². The zero-order chi connectivity index (χ0) is 14.4. The number of hydrogen-bond donors (Lipinski definition) is 1. The topological polar surface area (TPSA) is 54.9 Å². The van der Waals surface area contributed by atoms with Crippen LogP contribution in [0.2, 0.25) is 0 Å². The van der Waals surface area contributed by atoms with Crippen LogP contribution in [-0.2, 0) is 17.1 Å². The van der Waals surface area contributed by atoms with Crippen molar-refractivity contribution in [3.05, 3.63) is 47.0 Å². The number of rotatable bonds is 6. The number of amides is 1. The number of aromatic nitrogens is 2. The Morgan fingerprint density at radius 3 is 2.90 bits per heavy atom. The van der Waals surface area contributed by atoms with Gasteiger partial charge in [-0.25, -0.2) is 4.39 Å². The number of nitrogens with one attached hydrogen (secondary N) is 1. The Bertz CT molecular complexity index is 589. The standard InChI is InChI=1S/C13H14FN3OS2/c1-9-12(17-20-16-9)7-19-8-13(18)15-6-10-4-2-3-5-11(10)14/h2-5H,6-8H2,1H3,(H,15,18). The van der Waals surface area contributed by atoms with E-state index in [0.717, 1.165) is 11.4 Å². The molecule has 2 rings (SSSR count). The molecule has 1 amide bonds. The van der Waals surface area contributed by atoms with Gasteiger partial charge in [0.25, 0.3) is 0 Å². The smallest absolute Gasteiger partial charge is 0.230 e. The normalized spacial score (nSPS) is 10.5. The van der Waals surface area contributed by atoms with E-state index in [2.05, 4.69) is 14.1 Å². The van der Waals surface area contributed by atoms with Crippen molar-refractivity contribution in [2.45, 2.75) is 19.2 Å². The maximum Gasteiger partial charge on any atom is 0.230 e. The third-order valence-corrected chi connectivity index (χ3v) is 4.25. The minimum absolute atomic E-state index is 0.112. The summed E-state index contributed by atoms with van der Waals surface area (Å²) < 4.78 is 21.6. The van der Waals surface area contributed by atoms with Crippen molar-refractivity contribution in [1.29, 1.82) is 0 Å². The van der Waals surface area contributed by atoms with E-state index >= 15 is 0 Å². The molecule has 0 spiro atoms. The number of thioether (sulfide) groups is 1. The molecule has 0 aliphatic heterocycles. The molecule has 4 nitrogen and oxygen atoms in total. The highest BCUT2D eigenvalue weighted by Gasteiger charge is 2.07. The van der Waals surface area contributed by atoms with Crippen molar-refractivity contribution in [3.63, 3.8) is 0 Å². The predicted molar refractivity (Wildman–Crippen MR) is 79.1 cm³/mol. The Morgan fingerprint density at radius 2 is 2.20 bits per heavy atom. The van der Waals surface area contributed by atoms with Crippen LogP contribution in [0.25, 0.3) is 0 Å². The van der Waals surface area contributed by atoms with Crippen LogP contribution in [-0.4, -0.2) is 20.4 Å². The summed E-state index contributed by atoms with van der Waals surface area (Å²) in [6.45, 7) is 2.11. The van der Waals surface area contributed by atoms with Gasteiger partial charge in [-0.3, -0.25) is 4.79 Å². The van der Waals surface area contributed by atoms with Crippen molar-refractivity contribution >= 4 is 29.4 Å². The molecule has 0 radical (unpaired) electrons. The number of carbonyl (C=O) groups excluding carboxylic acids is 1. The molecule has 1 N–H and O–H groups in total. The van der Waals surface area contributed by atoms with E-state index in [-0.39, 0.29) is 18.3 Å². The van der Waals surface area contributed by atoms with Crippen molar-refractivity contribution < 1.29 is 9.18 Å². The van der Waals surface area contributed by atoms with Crippen LogP contribution in [0, 0.1) is 12.7 Å². The van der Waals surface area contributed by atoms with Gasteiger partial charge in [0.15, 0.2) is 0 Å². The van der Waals surface area contributed by atoms with Gasteiger partial charge in [-0.2, -0.15) is 8.75 Å². The maximum absolute atomic E-state index is 13.4. The molecule has 0 unspecified atom stereocenters. The van der Waals surface area contributed by atoms with Gasteiger partial charge in [0.1, 0.15) is 5.82 Å². The largest absolute Gasteiger partial charge is 0.351 e. The average molecular weight is 311 g/mol. The van der Waals surface area contributed by atoms with Crippen molar-refractivity contribution in [3.8, 4) is 0 Å². The Morgan fingerprint density at radius 1 is 1.40 bits per heavy atom.